The average molecular weight is 360 g/mol. The third-order valence-corrected chi connectivity index (χ3v) is 4.72. The maximum absolute atomic E-state index is 13.3. The molecule has 3 aromatic rings. The van der Waals surface area contributed by atoms with Gasteiger partial charge in [-0.15, -0.1) is 0 Å². The molecule has 0 N–H and O–H groups in total. The zero-order valence-corrected chi connectivity index (χ0v) is 15.2. The first-order chi connectivity index (χ1) is 13.2. The van der Waals surface area contributed by atoms with Crippen LogP contribution in [0, 0.1) is 0 Å². The lowest BCUT2D eigenvalue weighted by Crippen LogP contribution is -2.53. The minimum Gasteiger partial charge on any atom is -0.497 e. The van der Waals surface area contributed by atoms with E-state index in [-0.39, 0.29) is 12.1 Å². The Hall–Kier alpha value is -3.47. The second-order valence-electron chi connectivity index (χ2n) is 6.29. The fraction of sp³-hybridized carbons (Fsp3) is 0.136. The summed E-state index contributed by atoms with van der Waals surface area (Å²) in [7, 11) is 3.61. The molecule has 1 aliphatic rings. The van der Waals surface area contributed by atoms with E-state index in [4.69, 9.17) is 9.15 Å². The van der Waals surface area contributed by atoms with Gasteiger partial charge in [-0.25, -0.2) is 0 Å². The highest BCUT2D eigenvalue weighted by Gasteiger charge is 2.35. The number of methoxy groups -OCH3 is 1. The lowest BCUT2D eigenvalue weighted by molar-refractivity contribution is 0.0975. The smallest absolute Gasteiger partial charge is 0.262 e. The number of likely N-dealkylation sites (N-methyl/N-ethyl adjacent to an activating group) is 1. The van der Waals surface area contributed by atoms with Crippen LogP contribution in [-0.2, 0) is 0 Å². The zero-order chi connectivity index (χ0) is 18.8. The summed E-state index contributed by atoms with van der Waals surface area (Å²) < 4.78 is 10.6. The van der Waals surface area contributed by atoms with Crippen molar-refractivity contribution < 1.29 is 13.9 Å². The van der Waals surface area contributed by atoms with Crippen LogP contribution in [0.1, 0.15) is 16.1 Å². The third-order valence-electron chi connectivity index (χ3n) is 4.72. The van der Waals surface area contributed by atoms with E-state index in [0.717, 1.165) is 22.9 Å². The first-order valence-electron chi connectivity index (χ1n) is 8.70. The van der Waals surface area contributed by atoms with E-state index in [9.17, 15) is 4.79 Å². The van der Waals surface area contributed by atoms with Crippen molar-refractivity contribution >= 4 is 23.4 Å². The number of ether oxygens (including phenoxy) is 1. The van der Waals surface area contributed by atoms with Gasteiger partial charge in [-0.1, -0.05) is 12.1 Å². The highest BCUT2D eigenvalue weighted by atomic mass is 16.5. The van der Waals surface area contributed by atoms with Crippen molar-refractivity contribution in [1.29, 1.82) is 0 Å². The van der Waals surface area contributed by atoms with Crippen molar-refractivity contribution in [2.24, 2.45) is 0 Å². The van der Waals surface area contributed by atoms with Crippen molar-refractivity contribution in [3.8, 4) is 5.75 Å². The molecule has 2 aromatic carbocycles. The second kappa shape index (κ2) is 7.03. The van der Waals surface area contributed by atoms with Crippen LogP contribution >= 0.6 is 0 Å². The maximum atomic E-state index is 13.3. The number of rotatable bonds is 4. The van der Waals surface area contributed by atoms with Gasteiger partial charge in [0.1, 0.15) is 17.7 Å². The monoisotopic (exact) mass is 360 g/mol. The Morgan fingerprint density at radius 1 is 1.04 bits per heavy atom. The predicted molar refractivity (Wildman–Crippen MR) is 106 cm³/mol. The molecule has 0 aliphatic carbocycles. The fourth-order valence-corrected chi connectivity index (χ4v) is 3.32. The van der Waals surface area contributed by atoms with E-state index in [1.54, 1.807) is 18.3 Å². The zero-order valence-electron chi connectivity index (χ0n) is 15.2. The highest BCUT2D eigenvalue weighted by Crippen LogP contribution is 2.34. The van der Waals surface area contributed by atoms with Gasteiger partial charge in [-0.3, -0.25) is 9.69 Å². The first-order valence-corrected chi connectivity index (χ1v) is 8.70. The van der Waals surface area contributed by atoms with Gasteiger partial charge in [0.05, 0.1) is 24.6 Å². The SMILES string of the molecule is COc1ccc(N2C(=O)c3ccccc3N(C)[C@@H]2/C=C/c2ccco2)cc1. The van der Waals surface area contributed by atoms with Crippen LogP contribution in [-0.4, -0.2) is 26.2 Å². The summed E-state index contributed by atoms with van der Waals surface area (Å²) in [4.78, 5) is 17.2. The Balaban J connectivity index is 1.79. The standard InChI is InChI=1S/C22H20N2O3/c1-23-20-8-4-3-7-19(20)22(25)24(16-9-11-17(26-2)12-10-16)21(23)14-13-18-6-5-15-27-18/h3-15,21H,1-2H3/b14-13+/t21-/m0/s1. The summed E-state index contributed by atoms with van der Waals surface area (Å²) >= 11 is 0. The van der Waals surface area contributed by atoms with Crippen LogP contribution in [0.3, 0.4) is 0 Å². The van der Waals surface area contributed by atoms with Gasteiger partial charge in [-0.2, -0.15) is 0 Å². The molecule has 27 heavy (non-hydrogen) atoms. The van der Waals surface area contributed by atoms with Crippen LogP contribution in [0.15, 0.2) is 77.4 Å². The van der Waals surface area contributed by atoms with Gasteiger partial charge >= 0.3 is 0 Å². The van der Waals surface area contributed by atoms with E-state index in [2.05, 4.69) is 4.90 Å². The lowest BCUT2D eigenvalue weighted by atomic mass is 10.0. The van der Waals surface area contributed by atoms with E-state index in [1.807, 2.05) is 79.9 Å². The maximum Gasteiger partial charge on any atom is 0.262 e. The Bertz CT molecular complexity index is 961. The molecule has 136 valence electrons. The summed E-state index contributed by atoms with van der Waals surface area (Å²) in [6.45, 7) is 0. The van der Waals surface area contributed by atoms with Gasteiger partial charge in [-0.05, 0) is 60.7 Å². The summed E-state index contributed by atoms with van der Waals surface area (Å²) in [5.41, 5.74) is 2.39. The number of carbonyl (C=O) groups excluding carboxylic acids is 1. The van der Waals surface area contributed by atoms with Gasteiger partial charge in [0.25, 0.3) is 5.91 Å². The van der Waals surface area contributed by atoms with E-state index in [0.29, 0.717) is 5.56 Å². The number of fused-ring (bicyclic) bond motifs is 1. The van der Waals surface area contributed by atoms with Gasteiger partial charge < -0.3 is 14.1 Å². The second-order valence-corrected chi connectivity index (χ2v) is 6.29. The molecule has 5 nitrogen and oxygen atoms in total. The molecule has 1 atom stereocenters. The van der Waals surface area contributed by atoms with E-state index >= 15 is 0 Å². The van der Waals surface area contributed by atoms with Crippen LogP contribution in [0.4, 0.5) is 11.4 Å². The lowest BCUT2D eigenvalue weighted by Gasteiger charge is -2.42. The number of benzene rings is 2. The highest BCUT2D eigenvalue weighted by molar-refractivity contribution is 6.12. The number of carbonyl (C=O) groups is 1. The number of anilines is 2. The molecule has 5 heteroatoms. The van der Waals surface area contributed by atoms with Crippen LogP contribution < -0.4 is 14.5 Å². The molecule has 0 radical (unpaired) electrons. The molecule has 1 aromatic heterocycles. The van der Waals surface area contributed by atoms with Gasteiger partial charge in [0.2, 0.25) is 0 Å². The van der Waals surface area contributed by atoms with Crippen molar-refractivity contribution in [3.63, 3.8) is 0 Å². The van der Waals surface area contributed by atoms with Crippen LogP contribution in [0.25, 0.3) is 6.08 Å². The Morgan fingerprint density at radius 3 is 2.52 bits per heavy atom. The molecule has 1 amide bonds. The molecular formula is C22H20N2O3. The number of amides is 1. The number of furan rings is 1. The molecule has 0 saturated carbocycles. The quantitative estimate of drug-likeness (QED) is 0.691. The van der Waals surface area contributed by atoms with E-state index < -0.39 is 0 Å². The third kappa shape index (κ3) is 3.08. The number of hydrogen-bond donors (Lipinski definition) is 0. The summed E-state index contributed by atoms with van der Waals surface area (Å²) in [6.07, 6.45) is 5.20. The molecule has 4 rings (SSSR count). The van der Waals surface area contributed by atoms with Gasteiger partial charge in [0.15, 0.2) is 0 Å². The molecule has 0 saturated heterocycles. The molecule has 1 aliphatic heterocycles. The summed E-state index contributed by atoms with van der Waals surface area (Å²) in [5, 5.41) is 0. The molecule has 0 spiro atoms. The Labute approximate surface area is 158 Å². The van der Waals surface area contributed by atoms with Crippen LogP contribution in [0.2, 0.25) is 0 Å². The van der Waals surface area contributed by atoms with Crippen molar-refractivity contribution in [2.45, 2.75) is 6.17 Å². The fourth-order valence-electron chi connectivity index (χ4n) is 3.32. The van der Waals surface area contributed by atoms with Crippen molar-refractivity contribution in [2.75, 3.05) is 24.0 Å². The molecule has 0 fully saturated rings. The summed E-state index contributed by atoms with van der Waals surface area (Å²) in [5.74, 6) is 1.45. The number of para-hydroxylation sites is 1. The molecule has 0 unspecified atom stereocenters. The molecule has 2 heterocycles. The van der Waals surface area contributed by atoms with Crippen molar-refractivity contribution in [3.05, 3.63) is 84.3 Å². The molecular weight excluding hydrogens is 340 g/mol. The Morgan fingerprint density at radius 2 is 1.81 bits per heavy atom. The average Bonchev–Trinajstić information content (AvgIpc) is 3.23. The topological polar surface area (TPSA) is 45.9 Å². The first kappa shape index (κ1) is 17.0. The minimum absolute atomic E-state index is 0.0389. The predicted octanol–water partition coefficient (Wildman–Crippen LogP) is 4.42. The van der Waals surface area contributed by atoms with Crippen molar-refractivity contribution in [1.82, 2.24) is 0 Å². The minimum atomic E-state index is -0.286. The largest absolute Gasteiger partial charge is 0.497 e. The number of hydrogen-bond acceptors (Lipinski definition) is 4. The molecule has 0 bridgehead atoms. The van der Waals surface area contributed by atoms with E-state index in [1.165, 1.54) is 0 Å². The van der Waals surface area contributed by atoms with Gasteiger partial charge in [0, 0.05) is 12.7 Å². The number of nitrogens with zero attached hydrogens (tertiary/aromatic N) is 2. The normalized spacial score (nSPS) is 16.7. The Kier molecular flexibility index (Phi) is 4.42. The summed E-state index contributed by atoms with van der Waals surface area (Å²) in [6, 6.07) is 18.9. The van der Waals surface area contributed by atoms with Crippen LogP contribution in [0.5, 0.6) is 5.75 Å².